The van der Waals surface area contributed by atoms with Crippen LogP contribution in [0.25, 0.3) is 6.08 Å². The van der Waals surface area contributed by atoms with Crippen molar-refractivity contribution in [3.05, 3.63) is 29.2 Å². The fraction of sp³-hybridized carbons (Fsp3) is 0.364. The second-order valence-electron chi connectivity index (χ2n) is 3.35. The standard InChI is InChI=1S/C11H14O2/c1-8(2)11(7-12)6-10-4-5-13-9(10)3/h4-8H,1-3H3/b11-6+. The molecule has 70 valence electrons. The van der Waals surface area contributed by atoms with Gasteiger partial charge in [-0.3, -0.25) is 4.79 Å². The van der Waals surface area contributed by atoms with Gasteiger partial charge in [-0.05, 0) is 30.6 Å². The van der Waals surface area contributed by atoms with Gasteiger partial charge in [-0.2, -0.15) is 0 Å². The lowest BCUT2D eigenvalue weighted by atomic mass is 10.0. The van der Waals surface area contributed by atoms with E-state index < -0.39 is 0 Å². The van der Waals surface area contributed by atoms with Gasteiger partial charge >= 0.3 is 0 Å². The lowest BCUT2D eigenvalue weighted by Crippen LogP contribution is -1.94. The van der Waals surface area contributed by atoms with Gasteiger partial charge in [-0.15, -0.1) is 0 Å². The van der Waals surface area contributed by atoms with E-state index in [1.54, 1.807) is 6.26 Å². The quantitative estimate of drug-likeness (QED) is 0.526. The average Bonchev–Trinajstić information content (AvgIpc) is 2.46. The summed E-state index contributed by atoms with van der Waals surface area (Å²) in [6.07, 6.45) is 4.40. The molecule has 0 bridgehead atoms. The zero-order valence-corrected chi connectivity index (χ0v) is 8.20. The Balaban J connectivity index is 2.98. The van der Waals surface area contributed by atoms with Gasteiger partial charge in [0.2, 0.25) is 0 Å². The molecular weight excluding hydrogens is 164 g/mol. The maximum absolute atomic E-state index is 10.7. The minimum absolute atomic E-state index is 0.256. The Morgan fingerprint density at radius 1 is 1.54 bits per heavy atom. The Bertz CT molecular complexity index is 319. The van der Waals surface area contributed by atoms with Crippen LogP contribution in [0.15, 0.2) is 22.3 Å². The monoisotopic (exact) mass is 178 g/mol. The normalized spacial score (nSPS) is 12.2. The minimum atomic E-state index is 0.256. The topological polar surface area (TPSA) is 30.2 Å². The molecule has 1 aromatic heterocycles. The van der Waals surface area contributed by atoms with E-state index in [0.717, 1.165) is 23.2 Å². The highest BCUT2D eigenvalue weighted by atomic mass is 16.3. The van der Waals surface area contributed by atoms with Crippen molar-refractivity contribution in [1.29, 1.82) is 0 Å². The largest absolute Gasteiger partial charge is 0.469 e. The number of aldehydes is 1. The van der Waals surface area contributed by atoms with Gasteiger partial charge in [0.15, 0.2) is 0 Å². The number of furan rings is 1. The van der Waals surface area contributed by atoms with Crippen molar-refractivity contribution in [2.45, 2.75) is 20.8 Å². The second kappa shape index (κ2) is 4.08. The Morgan fingerprint density at radius 2 is 2.23 bits per heavy atom. The molecule has 1 heterocycles. The first-order valence-corrected chi connectivity index (χ1v) is 4.36. The van der Waals surface area contributed by atoms with Crippen LogP contribution in [0, 0.1) is 12.8 Å². The molecule has 0 atom stereocenters. The van der Waals surface area contributed by atoms with Crippen molar-refractivity contribution in [2.75, 3.05) is 0 Å². The highest BCUT2D eigenvalue weighted by Crippen LogP contribution is 2.16. The summed E-state index contributed by atoms with van der Waals surface area (Å²) in [5, 5.41) is 0. The number of allylic oxidation sites excluding steroid dienone is 1. The first-order valence-electron chi connectivity index (χ1n) is 4.36. The van der Waals surface area contributed by atoms with Crippen molar-refractivity contribution in [3.63, 3.8) is 0 Å². The molecule has 0 aliphatic rings. The smallest absolute Gasteiger partial charge is 0.146 e. The molecule has 0 saturated heterocycles. The molecule has 2 heteroatoms. The van der Waals surface area contributed by atoms with E-state index in [2.05, 4.69) is 0 Å². The molecular formula is C11H14O2. The molecule has 0 radical (unpaired) electrons. The summed E-state index contributed by atoms with van der Waals surface area (Å²) in [6, 6.07) is 1.86. The molecule has 0 N–H and O–H groups in total. The van der Waals surface area contributed by atoms with Gasteiger partial charge in [0, 0.05) is 5.56 Å². The molecule has 0 spiro atoms. The van der Waals surface area contributed by atoms with Crippen molar-refractivity contribution in [2.24, 2.45) is 5.92 Å². The van der Waals surface area contributed by atoms with E-state index in [9.17, 15) is 4.79 Å². The van der Waals surface area contributed by atoms with E-state index in [1.165, 1.54) is 0 Å². The molecule has 0 fully saturated rings. The zero-order chi connectivity index (χ0) is 9.84. The maximum atomic E-state index is 10.7. The van der Waals surface area contributed by atoms with Crippen molar-refractivity contribution in [3.8, 4) is 0 Å². The van der Waals surface area contributed by atoms with Gasteiger partial charge < -0.3 is 4.42 Å². The highest BCUT2D eigenvalue weighted by Gasteiger charge is 2.04. The molecule has 13 heavy (non-hydrogen) atoms. The SMILES string of the molecule is Cc1occc1/C=C(\C=O)C(C)C. The summed E-state index contributed by atoms with van der Waals surface area (Å²) < 4.78 is 5.13. The molecule has 0 amide bonds. The first-order chi connectivity index (χ1) is 6.15. The summed E-state index contributed by atoms with van der Waals surface area (Å²) in [5.41, 5.74) is 1.78. The van der Waals surface area contributed by atoms with E-state index in [-0.39, 0.29) is 5.92 Å². The Kier molecular flexibility index (Phi) is 3.07. The molecule has 0 aliphatic carbocycles. The van der Waals surface area contributed by atoms with Crippen LogP contribution in [0.4, 0.5) is 0 Å². The van der Waals surface area contributed by atoms with E-state index in [4.69, 9.17) is 4.42 Å². The van der Waals surface area contributed by atoms with Crippen LogP contribution in [-0.2, 0) is 4.79 Å². The summed E-state index contributed by atoms with van der Waals surface area (Å²) in [4.78, 5) is 10.7. The molecule has 1 rings (SSSR count). The Labute approximate surface area is 78.3 Å². The minimum Gasteiger partial charge on any atom is -0.469 e. The first kappa shape index (κ1) is 9.78. The summed E-state index contributed by atoms with van der Waals surface area (Å²) in [6.45, 7) is 5.87. The van der Waals surface area contributed by atoms with Crippen molar-refractivity contribution >= 4 is 12.4 Å². The highest BCUT2D eigenvalue weighted by molar-refractivity contribution is 5.82. The van der Waals surface area contributed by atoms with Crippen LogP contribution >= 0.6 is 0 Å². The Morgan fingerprint density at radius 3 is 2.62 bits per heavy atom. The number of rotatable bonds is 3. The predicted octanol–water partition coefficient (Wildman–Crippen LogP) is 2.83. The van der Waals surface area contributed by atoms with Crippen LogP contribution in [0.3, 0.4) is 0 Å². The average molecular weight is 178 g/mol. The number of aryl methyl sites for hydroxylation is 1. The van der Waals surface area contributed by atoms with E-state index >= 15 is 0 Å². The van der Waals surface area contributed by atoms with Gasteiger partial charge in [0.1, 0.15) is 12.0 Å². The lowest BCUT2D eigenvalue weighted by Gasteiger charge is -2.02. The van der Waals surface area contributed by atoms with E-state index in [1.807, 2.05) is 32.9 Å². The predicted molar refractivity (Wildman–Crippen MR) is 52.3 cm³/mol. The van der Waals surface area contributed by atoms with Crippen LogP contribution in [0.2, 0.25) is 0 Å². The van der Waals surface area contributed by atoms with Gasteiger partial charge in [0.05, 0.1) is 6.26 Å². The molecule has 0 saturated carbocycles. The van der Waals surface area contributed by atoms with Crippen molar-refractivity contribution < 1.29 is 9.21 Å². The molecule has 2 nitrogen and oxygen atoms in total. The molecule has 0 aromatic carbocycles. The van der Waals surface area contributed by atoms with Crippen LogP contribution < -0.4 is 0 Å². The van der Waals surface area contributed by atoms with Crippen LogP contribution in [-0.4, -0.2) is 6.29 Å². The molecule has 0 aliphatic heterocycles. The summed E-state index contributed by atoms with van der Waals surface area (Å²) in [5.74, 6) is 1.10. The summed E-state index contributed by atoms with van der Waals surface area (Å²) in [7, 11) is 0. The van der Waals surface area contributed by atoms with Gasteiger partial charge in [0.25, 0.3) is 0 Å². The third-order valence-corrected chi connectivity index (χ3v) is 2.02. The van der Waals surface area contributed by atoms with Gasteiger partial charge in [-0.25, -0.2) is 0 Å². The second-order valence-corrected chi connectivity index (χ2v) is 3.35. The fourth-order valence-corrected chi connectivity index (χ4v) is 1.06. The zero-order valence-electron chi connectivity index (χ0n) is 8.20. The number of hydrogen-bond donors (Lipinski definition) is 0. The number of carbonyl (C=O) groups is 1. The molecule has 1 aromatic rings. The fourth-order valence-electron chi connectivity index (χ4n) is 1.06. The third kappa shape index (κ3) is 2.31. The Hall–Kier alpha value is -1.31. The van der Waals surface area contributed by atoms with Crippen LogP contribution in [0.5, 0.6) is 0 Å². The third-order valence-electron chi connectivity index (χ3n) is 2.02. The number of hydrogen-bond acceptors (Lipinski definition) is 2. The maximum Gasteiger partial charge on any atom is 0.146 e. The summed E-state index contributed by atoms with van der Waals surface area (Å²) >= 11 is 0. The number of carbonyl (C=O) groups excluding carboxylic acids is 1. The van der Waals surface area contributed by atoms with Gasteiger partial charge in [-0.1, -0.05) is 13.8 Å². The van der Waals surface area contributed by atoms with Crippen LogP contribution in [0.1, 0.15) is 25.2 Å². The van der Waals surface area contributed by atoms with E-state index in [0.29, 0.717) is 0 Å². The lowest BCUT2D eigenvalue weighted by molar-refractivity contribution is -0.105. The molecule has 0 unspecified atom stereocenters. The van der Waals surface area contributed by atoms with Crippen molar-refractivity contribution in [1.82, 2.24) is 0 Å².